The molecule has 1 amide bonds. The highest BCUT2D eigenvalue weighted by atomic mass is 32.2. The lowest BCUT2D eigenvalue weighted by Gasteiger charge is -2.30. The molecule has 3 heterocycles. The Bertz CT molecular complexity index is 1140. The number of benzene rings is 1. The first kappa shape index (κ1) is 21.6. The van der Waals surface area contributed by atoms with Crippen LogP contribution in [0.15, 0.2) is 50.5 Å². The summed E-state index contributed by atoms with van der Waals surface area (Å²) in [5.41, 5.74) is 0.606. The normalized spacial score (nSPS) is 16.8. The molecule has 0 aliphatic carbocycles. The fraction of sp³-hybridized carbons (Fsp3) is 0.350. The molecular formula is C20H21FN4O4S2. The molecule has 1 N–H and O–H groups in total. The molecule has 0 radical (unpaired) electrons. The molecule has 2 aromatic heterocycles. The van der Waals surface area contributed by atoms with Gasteiger partial charge in [0.2, 0.25) is 17.6 Å². The van der Waals surface area contributed by atoms with Gasteiger partial charge in [-0.05, 0) is 55.5 Å². The highest BCUT2D eigenvalue weighted by Gasteiger charge is 2.33. The van der Waals surface area contributed by atoms with Crippen LogP contribution < -0.4 is 5.32 Å². The van der Waals surface area contributed by atoms with E-state index in [2.05, 4.69) is 15.5 Å². The zero-order valence-corrected chi connectivity index (χ0v) is 18.3. The first-order valence-corrected chi connectivity index (χ1v) is 12.1. The lowest BCUT2D eigenvalue weighted by atomic mass is 9.97. The van der Waals surface area contributed by atoms with Gasteiger partial charge in [-0.15, -0.1) is 11.3 Å². The standard InChI is InChI=1S/C20H21FN4O4S2/c1-13(20-23-18(24-29-20)14-4-6-16(21)7-5-14)22-19(26)15-8-10-25(11-9-15)31(27,28)17-3-2-12-30-17/h2-7,12-13,15H,8-11H2,1H3,(H,22,26). The van der Waals surface area contributed by atoms with E-state index in [0.717, 1.165) is 0 Å². The van der Waals surface area contributed by atoms with Crippen molar-refractivity contribution < 1.29 is 22.1 Å². The van der Waals surface area contributed by atoms with Gasteiger partial charge in [-0.3, -0.25) is 4.79 Å². The zero-order valence-electron chi connectivity index (χ0n) is 16.7. The largest absolute Gasteiger partial charge is 0.344 e. The number of thiophene rings is 1. The van der Waals surface area contributed by atoms with Gasteiger partial charge in [-0.1, -0.05) is 11.2 Å². The van der Waals surface area contributed by atoms with E-state index in [4.69, 9.17) is 4.52 Å². The third-order valence-electron chi connectivity index (χ3n) is 5.19. The molecule has 1 atom stereocenters. The van der Waals surface area contributed by atoms with Crippen LogP contribution >= 0.6 is 11.3 Å². The van der Waals surface area contributed by atoms with Crippen LogP contribution in [0, 0.1) is 11.7 Å². The van der Waals surface area contributed by atoms with Gasteiger partial charge < -0.3 is 9.84 Å². The van der Waals surface area contributed by atoms with Crippen molar-refractivity contribution in [1.82, 2.24) is 19.8 Å². The van der Waals surface area contributed by atoms with E-state index < -0.39 is 16.1 Å². The summed E-state index contributed by atoms with van der Waals surface area (Å²) in [6, 6.07) is 8.49. The molecule has 1 aromatic carbocycles. The van der Waals surface area contributed by atoms with E-state index in [1.54, 1.807) is 36.6 Å². The maximum atomic E-state index is 13.1. The maximum absolute atomic E-state index is 13.1. The van der Waals surface area contributed by atoms with Gasteiger partial charge in [0.15, 0.2) is 0 Å². The van der Waals surface area contributed by atoms with Crippen molar-refractivity contribution in [2.75, 3.05) is 13.1 Å². The van der Waals surface area contributed by atoms with Crippen LogP contribution in [0.1, 0.15) is 31.7 Å². The van der Waals surface area contributed by atoms with Gasteiger partial charge in [0.05, 0.1) is 0 Å². The third kappa shape index (κ3) is 4.68. The molecule has 0 bridgehead atoms. The number of hydrogen-bond acceptors (Lipinski definition) is 7. The summed E-state index contributed by atoms with van der Waals surface area (Å²) in [7, 11) is -3.50. The molecular weight excluding hydrogens is 443 g/mol. The topological polar surface area (TPSA) is 105 Å². The summed E-state index contributed by atoms with van der Waals surface area (Å²) in [5.74, 6) is -0.283. The second-order valence-electron chi connectivity index (χ2n) is 7.30. The number of hydrogen-bond donors (Lipinski definition) is 1. The van der Waals surface area contributed by atoms with Gasteiger partial charge in [0.1, 0.15) is 16.1 Å². The fourth-order valence-corrected chi connectivity index (χ4v) is 6.03. The van der Waals surface area contributed by atoms with Gasteiger partial charge in [0.25, 0.3) is 10.0 Å². The Hall–Kier alpha value is -2.63. The Kier molecular flexibility index (Phi) is 6.17. The van der Waals surface area contributed by atoms with Gasteiger partial charge in [0, 0.05) is 24.6 Å². The number of carbonyl (C=O) groups is 1. The molecule has 164 valence electrons. The number of carbonyl (C=O) groups excluding carboxylic acids is 1. The van der Waals surface area contributed by atoms with Gasteiger partial charge in [-0.2, -0.15) is 9.29 Å². The van der Waals surface area contributed by atoms with Crippen LogP contribution in [0.5, 0.6) is 0 Å². The molecule has 1 aliphatic heterocycles. The Morgan fingerprint density at radius 2 is 1.97 bits per heavy atom. The lowest BCUT2D eigenvalue weighted by Crippen LogP contribution is -2.43. The van der Waals surface area contributed by atoms with Crippen molar-refractivity contribution in [3.05, 3.63) is 53.5 Å². The van der Waals surface area contributed by atoms with E-state index >= 15 is 0 Å². The van der Waals surface area contributed by atoms with E-state index in [-0.39, 0.29) is 23.5 Å². The first-order valence-electron chi connectivity index (χ1n) is 9.78. The van der Waals surface area contributed by atoms with E-state index in [0.29, 0.717) is 41.5 Å². The molecule has 11 heteroatoms. The predicted molar refractivity (Wildman–Crippen MR) is 112 cm³/mol. The van der Waals surface area contributed by atoms with Crippen molar-refractivity contribution in [2.45, 2.75) is 30.0 Å². The number of nitrogens with zero attached hydrogens (tertiary/aromatic N) is 3. The van der Waals surface area contributed by atoms with Gasteiger partial charge >= 0.3 is 0 Å². The number of halogens is 1. The minimum atomic E-state index is -3.50. The second kappa shape index (κ2) is 8.85. The van der Waals surface area contributed by atoms with Crippen molar-refractivity contribution >= 4 is 27.3 Å². The van der Waals surface area contributed by atoms with Crippen LogP contribution in [0.3, 0.4) is 0 Å². The molecule has 1 fully saturated rings. The Morgan fingerprint density at radius 1 is 1.26 bits per heavy atom. The zero-order chi connectivity index (χ0) is 22.0. The molecule has 3 aromatic rings. The number of amides is 1. The molecule has 1 aliphatic rings. The summed E-state index contributed by atoms with van der Waals surface area (Å²) in [6.45, 7) is 2.32. The highest BCUT2D eigenvalue weighted by molar-refractivity contribution is 7.91. The monoisotopic (exact) mass is 464 g/mol. The molecule has 1 saturated heterocycles. The minimum absolute atomic E-state index is 0.179. The van der Waals surface area contributed by atoms with E-state index in [9.17, 15) is 17.6 Å². The number of piperidine rings is 1. The van der Waals surface area contributed by atoms with Gasteiger partial charge in [-0.25, -0.2) is 12.8 Å². The van der Waals surface area contributed by atoms with E-state index in [1.807, 2.05) is 0 Å². The average molecular weight is 465 g/mol. The predicted octanol–water partition coefficient (Wildman–Crippen LogP) is 3.22. The number of sulfonamides is 1. The summed E-state index contributed by atoms with van der Waals surface area (Å²) in [5, 5.41) is 8.48. The van der Waals surface area contributed by atoms with Crippen molar-refractivity contribution in [3.63, 3.8) is 0 Å². The Morgan fingerprint density at radius 3 is 2.61 bits per heavy atom. The quantitative estimate of drug-likeness (QED) is 0.601. The summed E-state index contributed by atoms with van der Waals surface area (Å²) in [4.78, 5) is 17.0. The molecule has 0 saturated carbocycles. The first-order chi connectivity index (χ1) is 14.8. The third-order valence-corrected chi connectivity index (χ3v) is 8.46. The lowest BCUT2D eigenvalue weighted by molar-refractivity contribution is -0.126. The van der Waals surface area contributed by atoms with E-state index in [1.165, 1.54) is 27.8 Å². The van der Waals surface area contributed by atoms with Crippen LogP contribution in [-0.2, 0) is 14.8 Å². The summed E-state index contributed by atoms with van der Waals surface area (Å²) in [6.07, 6.45) is 0.877. The minimum Gasteiger partial charge on any atom is -0.344 e. The molecule has 8 nitrogen and oxygen atoms in total. The molecule has 31 heavy (non-hydrogen) atoms. The van der Waals surface area contributed by atoms with Crippen molar-refractivity contribution in [3.8, 4) is 11.4 Å². The van der Waals surface area contributed by atoms with Crippen molar-refractivity contribution in [2.24, 2.45) is 5.92 Å². The summed E-state index contributed by atoms with van der Waals surface area (Å²) < 4.78 is 45.3. The SMILES string of the molecule is CC(NC(=O)C1CCN(S(=O)(=O)c2cccs2)CC1)c1nc(-c2ccc(F)cc2)no1. The molecule has 4 rings (SSSR count). The molecule has 0 spiro atoms. The number of aromatic nitrogens is 2. The highest BCUT2D eigenvalue weighted by Crippen LogP contribution is 2.27. The number of nitrogens with one attached hydrogen (secondary N) is 1. The van der Waals surface area contributed by atoms with Crippen LogP contribution in [0.4, 0.5) is 4.39 Å². The van der Waals surface area contributed by atoms with Crippen LogP contribution in [0.25, 0.3) is 11.4 Å². The number of rotatable bonds is 6. The molecule has 1 unspecified atom stereocenters. The Balaban J connectivity index is 1.33. The van der Waals surface area contributed by atoms with Crippen molar-refractivity contribution in [1.29, 1.82) is 0 Å². The fourth-order valence-electron chi connectivity index (χ4n) is 3.42. The smallest absolute Gasteiger partial charge is 0.252 e. The summed E-state index contributed by atoms with van der Waals surface area (Å²) >= 11 is 1.19. The second-order valence-corrected chi connectivity index (χ2v) is 10.4. The Labute approximate surface area is 183 Å². The maximum Gasteiger partial charge on any atom is 0.252 e. The van der Waals surface area contributed by atoms with Crippen LogP contribution in [-0.4, -0.2) is 41.9 Å². The van der Waals surface area contributed by atoms with Crippen LogP contribution in [0.2, 0.25) is 0 Å². The average Bonchev–Trinajstić information content (AvgIpc) is 3.47.